The van der Waals surface area contributed by atoms with E-state index in [1.54, 1.807) is 12.4 Å². The number of ether oxygens (including phenoxy) is 1. The quantitative estimate of drug-likeness (QED) is 0.383. The van der Waals surface area contributed by atoms with Gasteiger partial charge < -0.3 is 14.7 Å². The third-order valence-electron chi connectivity index (χ3n) is 6.31. The van der Waals surface area contributed by atoms with Crippen LogP contribution in [0.4, 0.5) is 0 Å². The zero-order valence-corrected chi connectivity index (χ0v) is 20.1. The van der Waals surface area contributed by atoms with Crippen molar-refractivity contribution in [2.45, 2.75) is 39.8 Å². The van der Waals surface area contributed by atoms with Crippen LogP contribution in [0.1, 0.15) is 57.7 Å². The fourth-order valence-corrected chi connectivity index (χ4v) is 4.71. The van der Waals surface area contributed by atoms with Crippen molar-refractivity contribution in [3.05, 3.63) is 94.4 Å². The number of aromatic amines is 1. The Labute approximate surface area is 204 Å². The molecule has 2 N–H and O–H groups in total. The van der Waals surface area contributed by atoms with Crippen LogP contribution >= 0.6 is 0 Å². The molecule has 0 bridgehead atoms. The van der Waals surface area contributed by atoms with E-state index < -0.39 is 0 Å². The number of hydrogen-bond donors (Lipinski definition) is 2. The predicted molar refractivity (Wildman–Crippen MR) is 133 cm³/mol. The number of H-pyrrole nitrogens is 1. The molecule has 1 atom stereocenters. The molecule has 7 heteroatoms. The van der Waals surface area contributed by atoms with Crippen molar-refractivity contribution in [3.8, 4) is 22.8 Å². The molecule has 3 heterocycles. The number of amides is 1. The number of aromatic hydroxyl groups is 1. The summed E-state index contributed by atoms with van der Waals surface area (Å²) >= 11 is 0. The highest BCUT2D eigenvalue weighted by Gasteiger charge is 2.42. The Balaban J connectivity index is 1.63. The molecule has 1 amide bonds. The predicted octanol–water partition coefficient (Wildman–Crippen LogP) is 5.33. The normalized spacial score (nSPS) is 14.9. The number of rotatable bonds is 7. The number of carbonyl (C=O) groups is 1. The SMILES string of the molecule is CCCOc1ccc(C2c3c(-c4cc(C)cc(C)c4O)n[nH]c3C(=O)N2Cc2cccnc2)cc1. The van der Waals surface area contributed by atoms with Crippen LogP contribution in [0.15, 0.2) is 60.9 Å². The lowest BCUT2D eigenvalue weighted by atomic mass is 9.94. The van der Waals surface area contributed by atoms with Gasteiger partial charge in [0.05, 0.1) is 12.6 Å². The van der Waals surface area contributed by atoms with Crippen molar-refractivity contribution in [1.82, 2.24) is 20.1 Å². The molecule has 0 radical (unpaired) electrons. The molecule has 1 unspecified atom stereocenters. The summed E-state index contributed by atoms with van der Waals surface area (Å²) in [6, 6.07) is 15.1. The van der Waals surface area contributed by atoms with Crippen LogP contribution < -0.4 is 4.74 Å². The zero-order chi connectivity index (χ0) is 24.5. The van der Waals surface area contributed by atoms with Crippen molar-refractivity contribution in [3.63, 3.8) is 0 Å². The van der Waals surface area contributed by atoms with Gasteiger partial charge in [-0.25, -0.2) is 0 Å². The van der Waals surface area contributed by atoms with Gasteiger partial charge in [0.2, 0.25) is 0 Å². The van der Waals surface area contributed by atoms with Crippen LogP contribution in [-0.4, -0.2) is 37.7 Å². The average molecular weight is 469 g/mol. The zero-order valence-electron chi connectivity index (χ0n) is 20.1. The summed E-state index contributed by atoms with van der Waals surface area (Å²) in [5, 5.41) is 18.4. The van der Waals surface area contributed by atoms with Crippen LogP contribution in [0.25, 0.3) is 11.3 Å². The molecule has 178 valence electrons. The molecule has 2 aromatic heterocycles. The Bertz CT molecular complexity index is 1360. The minimum Gasteiger partial charge on any atom is -0.507 e. The molecule has 0 spiro atoms. The molecule has 4 aromatic rings. The van der Waals surface area contributed by atoms with Gasteiger partial charge in [-0.2, -0.15) is 5.10 Å². The van der Waals surface area contributed by atoms with Gasteiger partial charge in [0.1, 0.15) is 22.9 Å². The van der Waals surface area contributed by atoms with E-state index in [-0.39, 0.29) is 17.7 Å². The third kappa shape index (κ3) is 4.14. The molecule has 1 aliphatic rings. The first-order valence-corrected chi connectivity index (χ1v) is 11.8. The minimum atomic E-state index is -0.383. The lowest BCUT2D eigenvalue weighted by Gasteiger charge is -2.26. The molecule has 0 fully saturated rings. The Morgan fingerprint density at radius 1 is 1.14 bits per heavy atom. The lowest BCUT2D eigenvalue weighted by molar-refractivity contribution is 0.0730. The van der Waals surface area contributed by atoms with Crippen LogP contribution in [0.2, 0.25) is 0 Å². The summed E-state index contributed by atoms with van der Waals surface area (Å²) in [5.41, 5.74) is 6.06. The van der Waals surface area contributed by atoms with E-state index in [4.69, 9.17) is 4.74 Å². The number of nitrogens with zero attached hydrogens (tertiary/aromatic N) is 3. The number of phenolic OH excluding ortho intramolecular Hbond substituents is 1. The van der Waals surface area contributed by atoms with E-state index in [2.05, 4.69) is 22.1 Å². The summed E-state index contributed by atoms with van der Waals surface area (Å²) in [5.74, 6) is 0.825. The maximum atomic E-state index is 13.6. The van der Waals surface area contributed by atoms with Gasteiger partial charge in [-0.1, -0.05) is 31.2 Å². The molecule has 35 heavy (non-hydrogen) atoms. The van der Waals surface area contributed by atoms with Gasteiger partial charge in [0.25, 0.3) is 5.91 Å². The largest absolute Gasteiger partial charge is 0.507 e. The highest BCUT2D eigenvalue weighted by atomic mass is 16.5. The molecule has 0 saturated heterocycles. The van der Waals surface area contributed by atoms with Crippen molar-refractivity contribution >= 4 is 5.91 Å². The van der Waals surface area contributed by atoms with Gasteiger partial charge in [-0.05, 0) is 66.8 Å². The van der Waals surface area contributed by atoms with Gasteiger partial charge in [-0.3, -0.25) is 14.9 Å². The number of nitrogens with one attached hydrogen (secondary N) is 1. The first-order valence-electron chi connectivity index (χ1n) is 11.8. The maximum absolute atomic E-state index is 13.6. The van der Waals surface area contributed by atoms with Gasteiger partial charge in [0, 0.05) is 30.1 Å². The summed E-state index contributed by atoms with van der Waals surface area (Å²) < 4.78 is 5.77. The topological polar surface area (TPSA) is 91.3 Å². The number of aromatic nitrogens is 3. The molecule has 2 aromatic carbocycles. The van der Waals surface area contributed by atoms with E-state index in [0.717, 1.165) is 40.0 Å². The number of hydrogen-bond acceptors (Lipinski definition) is 5. The smallest absolute Gasteiger partial charge is 0.273 e. The van der Waals surface area contributed by atoms with E-state index >= 15 is 0 Å². The van der Waals surface area contributed by atoms with Crippen LogP contribution in [0, 0.1) is 13.8 Å². The molecular weight excluding hydrogens is 440 g/mol. The van der Waals surface area contributed by atoms with Gasteiger partial charge >= 0.3 is 0 Å². The number of fused-ring (bicyclic) bond motifs is 1. The van der Waals surface area contributed by atoms with Crippen LogP contribution in [0.3, 0.4) is 0 Å². The van der Waals surface area contributed by atoms with E-state index in [9.17, 15) is 9.90 Å². The first-order chi connectivity index (χ1) is 17.0. The molecule has 1 aliphatic heterocycles. The number of aryl methyl sites for hydroxylation is 2. The molecule has 7 nitrogen and oxygen atoms in total. The standard InChI is InChI=1S/C28H28N4O3/c1-4-12-35-21-9-7-20(8-10-21)26-23-24(22-14-17(2)13-18(3)27(22)33)30-31-25(23)28(34)32(26)16-19-6-5-11-29-15-19/h5-11,13-15,26,33H,4,12,16H2,1-3H3,(H,30,31). The summed E-state index contributed by atoms with van der Waals surface area (Å²) in [4.78, 5) is 19.6. The van der Waals surface area contributed by atoms with E-state index in [1.807, 2.05) is 67.3 Å². The summed E-state index contributed by atoms with van der Waals surface area (Å²) in [7, 11) is 0. The summed E-state index contributed by atoms with van der Waals surface area (Å²) in [6.07, 6.45) is 4.42. The van der Waals surface area contributed by atoms with Crippen molar-refractivity contribution in [2.75, 3.05) is 6.61 Å². The fraction of sp³-hybridized carbons (Fsp3) is 0.250. The second-order valence-corrected chi connectivity index (χ2v) is 8.95. The van der Waals surface area contributed by atoms with Gasteiger partial charge in [-0.15, -0.1) is 0 Å². The van der Waals surface area contributed by atoms with Crippen molar-refractivity contribution < 1.29 is 14.6 Å². The number of benzene rings is 2. The second kappa shape index (κ2) is 9.25. The van der Waals surface area contributed by atoms with Crippen molar-refractivity contribution in [2.24, 2.45) is 0 Å². The maximum Gasteiger partial charge on any atom is 0.273 e. The summed E-state index contributed by atoms with van der Waals surface area (Å²) in [6.45, 7) is 6.96. The highest BCUT2D eigenvalue weighted by Crippen LogP contribution is 2.46. The molecule has 5 rings (SSSR count). The monoisotopic (exact) mass is 468 g/mol. The Kier molecular flexibility index (Phi) is 5.99. The molecule has 0 saturated carbocycles. The molecular formula is C28H28N4O3. The van der Waals surface area contributed by atoms with E-state index in [0.29, 0.717) is 30.1 Å². The second-order valence-electron chi connectivity index (χ2n) is 8.95. The Morgan fingerprint density at radius 2 is 1.94 bits per heavy atom. The number of carbonyl (C=O) groups excluding carboxylic acids is 1. The number of pyridine rings is 1. The Hall–Kier alpha value is -4.13. The van der Waals surface area contributed by atoms with E-state index in [1.165, 1.54) is 0 Å². The Morgan fingerprint density at radius 3 is 2.66 bits per heavy atom. The van der Waals surface area contributed by atoms with Gasteiger partial charge in [0.15, 0.2) is 0 Å². The third-order valence-corrected chi connectivity index (χ3v) is 6.31. The van der Waals surface area contributed by atoms with Crippen LogP contribution in [0.5, 0.6) is 11.5 Å². The molecule has 0 aliphatic carbocycles. The van der Waals surface area contributed by atoms with Crippen LogP contribution in [-0.2, 0) is 6.54 Å². The van der Waals surface area contributed by atoms with Crippen molar-refractivity contribution in [1.29, 1.82) is 0 Å². The first kappa shape index (κ1) is 22.7. The highest BCUT2D eigenvalue weighted by molar-refractivity contribution is 6.00. The minimum absolute atomic E-state index is 0.136. The fourth-order valence-electron chi connectivity index (χ4n) is 4.71. The lowest BCUT2D eigenvalue weighted by Crippen LogP contribution is -2.29. The number of phenols is 1. The average Bonchev–Trinajstić information content (AvgIpc) is 3.40.